The number of nitrogens with zero attached hydrogens (tertiary/aromatic N) is 1. The molecule has 2 heterocycles. The average molecular weight is 342 g/mol. The summed E-state index contributed by atoms with van der Waals surface area (Å²) in [5.74, 6) is 0.0356. The average Bonchev–Trinajstić information content (AvgIpc) is 2.91. The number of hydrogen-bond donors (Lipinski definition) is 2. The van der Waals surface area contributed by atoms with Crippen molar-refractivity contribution < 1.29 is 9.53 Å². The molecule has 1 atom stereocenters. The molecule has 1 saturated heterocycles. The summed E-state index contributed by atoms with van der Waals surface area (Å²) < 4.78 is 6.38. The van der Waals surface area contributed by atoms with Gasteiger partial charge in [0.2, 0.25) is 5.91 Å². The number of rotatable bonds is 3. The molecule has 0 radical (unpaired) electrons. The summed E-state index contributed by atoms with van der Waals surface area (Å²) in [6, 6.07) is 5.52. The van der Waals surface area contributed by atoms with Gasteiger partial charge in [-0.2, -0.15) is 0 Å². The van der Waals surface area contributed by atoms with Gasteiger partial charge in [0.25, 0.3) is 0 Å². The maximum absolute atomic E-state index is 12.3. The largest absolute Gasteiger partial charge is 0.381 e. The number of nitrogens with one attached hydrogen (secondary N) is 1. The first-order valence-corrected chi connectivity index (χ1v) is 7.97. The quantitative estimate of drug-likeness (QED) is 0.899. The molecule has 1 aliphatic rings. The van der Waals surface area contributed by atoms with Gasteiger partial charge in [0, 0.05) is 13.2 Å². The number of carbonyl (C=O) groups is 1. The Morgan fingerprint density at radius 2 is 2.18 bits per heavy atom. The van der Waals surface area contributed by atoms with Crippen molar-refractivity contribution in [3.63, 3.8) is 0 Å². The van der Waals surface area contributed by atoms with E-state index in [9.17, 15) is 4.79 Å². The van der Waals surface area contributed by atoms with Crippen LogP contribution in [0.1, 0.15) is 18.4 Å². The highest BCUT2D eigenvalue weighted by Crippen LogP contribution is 2.28. The van der Waals surface area contributed by atoms with Gasteiger partial charge in [-0.1, -0.05) is 23.5 Å². The van der Waals surface area contributed by atoms with Gasteiger partial charge >= 0.3 is 0 Å². The normalized spacial score (nSPS) is 17.0. The molecular formula is C15H20ClN3O2S. The third-order valence-electron chi connectivity index (χ3n) is 3.93. The second kappa shape index (κ2) is 7.37. The first-order chi connectivity index (χ1) is 10.1. The van der Waals surface area contributed by atoms with Crippen molar-refractivity contribution in [3.05, 3.63) is 23.8 Å². The van der Waals surface area contributed by atoms with Crippen LogP contribution in [0, 0.1) is 12.8 Å². The van der Waals surface area contributed by atoms with Crippen molar-refractivity contribution in [1.29, 1.82) is 0 Å². The highest BCUT2D eigenvalue weighted by Gasteiger charge is 2.27. The van der Waals surface area contributed by atoms with E-state index in [-0.39, 0.29) is 24.2 Å². The lowest BCUT2D eigenvalue weighted by Gasteiger charge is -2.26. The molecule has 0 aliphatic carbocycles. The molecule has 1 unspecified atom stereocenters. The van der Waals surface area contributed by atoms with Crippen molar-refractivity contribution in [2.45, 2.75) is 25.8 Å². The Morgan fingerprint density at radius 1 is 1.45 bits per heavy atom. The minimum atomic E-state index is -0.498. The molecule has 3 N–H and O–H groups in total. The van der Waals surface area contributed by atoms with E-state index in [1.54, 1.807) is 0 Å². The molecule has 3 rings (SSSR count). The molecule has 2 aromatic rings. The minimum absolute atomic E-state index is 0. The molecule has 5 nitrogen and oxygen atoms in total. The third kappa shape index (κ3) is 3.57. The number of ether oxygens (including phenoxy) is 1. The van der Waals surface area contributed by atoms with E-state index in [2.05, 4.69) is 10.3 Å². The number of fused-ring (bicyclic) bond motifs is 1. The van der Waals surface area contributed by atoms with Crippen LogP contribution in [-0.4, -0.2) is 30.1 Å². The first kappa shape index (κ1) is 17.1. The number of aryl methyl sites for hydroxylation is 1. The summed E-state index contributed by atoms with van der Waals surface area (Å²) in [6.07, 6.45) is 1.68. The molecular weight excluding hydrogens is 322 g/mol. The zero-order chi connectivity index (χ0) is 14.8. The van der Waals surface area contributed by atoms with Crippen molar-refractivity contribution >= 4 is 45.0 Å². The molecule has 1 amide bonds. The summed E-state index contributed by atoms with van der Waals surface area (Å²) in [5, 5.41) is 3.48. The molecule has 7 heteroatoms. The van der Waals surface area contributed by atoms with Crippen LogP contribution < -0.4 is 11.1 Å². The number of aromatic nitrogens is 1. The Kier molecular flexibility index (Phi) is 5.74. The second-order valence-electron chi connectivity index (χ2n) is 5.41. The van der Waals surface area contributed by atoms with Crippen LogP contribution in [0.2, 0.25) is 0 Å². The Balaban J connectivity index is 0.00000176. The van der Waals surface area contributed by atoms with Gasteiger partial charge in [-0.15, -0.1) is 12.4 Å². The zero-order valence-electron chi connectivity index (χ0n) is 12.4. The zero-order valence-corrected chi connectivity index (χ0v) is 14.0. The Morgan fingerprint density at radius 3 is 2.86 bits per heavy atom. The monoisotopic (exact) mass is 341 g/mol. The predicted molar refractivity (Wildman–Crippen MR) is 91.8 cm³/mol. The maximum atomic E-state index is 12.3. The number of benzene rings is 1. The Bertz CT molecular complexity index is 655. The standard InChI is InChI=1S/C15H19N3O2S.ClH/c1-9-3-2-4-11-13(9)17-15(21-11)18-14(19)12(16)10-5-7-20-8-6-10;/h2-4,10,12H,5-8,16H2,1H3,(H,17,18,19);1H. The van der Waals surface area contributed by atoms with E-state index >= 15 is 0 Å². The number of thiazole rings is 1. The van der Waals surface area contributed by atoms with Crippen molar-refractivity contribution in [2.75, 3.05) is 18.5 Å². The highest BCUT2D eigenvalue weighted by atomic mass is 35.5. The van der Waals surface area contributed by atoms with Crippen LogP contribution in [-0.2, 0) is 9.53 Å². The summed E-state index contributed by atoms with van der Waals surface area (Å²) in [5.41, 5.74) is 8.12. The maximum Gasteiger partial charge on any atom is 0.243 e. The van der Waals surface area contributed by atoms with Crippen LogP contribution in [0.5, 0.6) is 0 Å². The van der Waals surface area contributed by atoms with Gasteiger partial charge in [0.1, 0.15) is 0 Å². The minimum Gasteiger partial charge on any atom is -0.381 e. The number of anilines is 1. The molecule has 1 aromatic carbocycles. The van der Waals surface area contributed by atoms with E-state index in [1.807, 2.05) is 25.1 Å². The highest BCUT2D eigenvalue weighted by molar-refractivity contribution is 7.22. The summed E-state index contributed by atoms with van der Waals surface area (Å²) in [7, 11) is 0. The number of halogens is 1. The van der Waals surface area contributed by atoms with E-state index in [4.69, 9.17) is 10.5 Å². The SMILES string of the molecule is Cc1cccc2sc(NC(=O)C(N)C3CCOCC3)nc12.Cl. The van der Waals surface area contributed by atoms with E-state index in [0.717, 1.165) is 28.6 Å². The number of para-hydroxylation sites is 1. The molecule has 120 valence electrons. The third-order valence-corrected chi connectivity index (χ3v) is 4.86. The van der Waals surface area contributed by atoms with Crippen LogP contribution in [0.25, 0.3) is 10.2 Å². The lowest BCUT2D eigenvalue weighted by molar-refractivity contribution is -0.119. The molecule has 1 aromatic heterocycles. The molecule has 0 spiro atoms. The van der Waals surface area contributed by atoms with Gasteiger partial charge in [-0.25, -0.2) is 4.98 Å². The predicted octanol–water partition coefficient (Wildman–Crippen LogP) is 2.72. The molecule has 22 heavy (non-hydrogen) atoms. The number of nitrogens with two attached hydrogens (primary N) is 1. The number of carbonyl (C=O) groups excluding carboxylic acids is 1. The fraction of sp³-hybridized carbons (Fsp3) is 0.467. The van der Waals surface area contributed by atoms with Gasteiger partial charge in [-0.05, 0) is 37.3 Å². The molecule has 1 aliphatic heterocycles. The fourth-order valence-corrected chi connectivity index (χ4v) is 3.56. The summed E-state index contributed by atoms with van der Waals surface area (Å²) in [4.78, 5) is 16.7. The lowest BCUT2D eigenvalue weighted by atomic mass is 9.92. The van der Waals surface area contributed by atoms with Crippen molar-refractivity contribution in [2.24, 2.45) is 11.7 Å². The van der Waals surface area contributed by atoms with E-state index < -0.39 is 6.04 Å². The van der Waals surface area contributed by atoms with Crippen LogP contribution in [0.4, 0.5) is 5.13 Å². The van der Waals surface area contributed by atoms with Crippen LogP contribution >= 0.6 is 23.7 Å². The number of hydrogen-bond acceptors (Lipinski definition) is 5. The van der Waals surface area contributed by atoms with Crippen molar-refractivity contribution in [3.8, 4) is 0 Å². The van der Waals surface area contributed by atoms with Gasteiger partial charge in [0.05, 0.1) is 16.3 Å². The summed E-state index contributed by atoms with van der Waals surface area (Å²) >= 11 is 1.48. The van der Waals surface area contributed by atoms with Gasteiger partial charge in [0.15, 0.2) is 5.13 Å². The van der Waals surface area contributed by atoms with Crippen LogP contribution in [0.3, 0.4) is 0 Å². The number of amides is 1. The van der Waals surface area contributed by atoms with Gasteiger partial charge in [-0.3, -0.25) is 4.79 Å². The topological polar surface area (TPSA) is 77.2 Å². The molecule has 0 saturated carbocycles. The molecule has 0 bridgehead atoms. The lowest BCUT2D eigenvalue weighted by Crippen LogP contribution is -2.43. The van der Waals surface area contributed by atoms with E-state index in [1.165, 1.54) is 11.3 Å². The van der Waals surface area contributed by atoms with Crippen LogP contribution in [0.15, 0.2) is 18.2 Å². The second-order valence-corrected chi connectivity index (χ2v) is 6.44. The smallest absolute Gasteiger partial charge is 0.243 e. The molecule has 1 fully saturated rings. The first-order valence-electron chi connectivity index (χ1n) is 7.15. The fourth-order valence-electron chi connectivity index (χ4n) is 2.62. The Hall–Kier alpha value is -1.21. The Labute approximate surface area is 139 Å². The van der Waals surface area contributed by atoms with Crippen molar-refractivity contribution in [1.82, 2.24) is 4.98 Å². The van der Waals surface area contributed by atoms with Gasteiger partial charge < -0.3 is 15.8 Å². The van der Waals surface area contributed by atoms with E-state index in [0.29, 0.717) is 18.3 Å². The summed E-state index contributed by atoms with van der Waals surface area (Å²) in [6.45, 7) is 3.39.